The first kappa shape index (κ1) is 14.9. The van der Waals surface area contributed by atoms with E-state index in [2.05, 4.69) is 17.1 Å². The normalized spacial score (nSPS) is 17.9. The van der Waals surface area contributed by atoms with Crippen molar-refractivity contribution in [2.75, 3.05) is 19.6 Å². The fourth-order valence-electron chi connectivity index (χ4n) is 2.45. The maximum absolute atomic E-state index is 14.0. The van der Waals surface area contributed by atoms with Gasteiger partial charge in [-0.25, -0.2) is 0 Å². The third kappa shape index (κ3) is 3.33. The second-order valence-corrected chi connectivity index (χ2v) is 5.12. The molecule has 0 saturated carbocycles. The molecule has 20 heavy (non-hydrogen) atoms. The topological polar surface area (TPSA) is 32.3 Å². The quantitative estimate of drug-likeness (QED) is 0.919. The van der Waals surface area contributed by atoms with E-state index in [9.17, 15) is 13.6 Å². The van der Waals surface area contributed by atoms with Crippen LogP contribution in [0.3, 0.4) is 0 Å². The van der Waals surface area contributed by atoms with Gasteiger partial charge in [-0.1, -0.05) is 37.3 Å². The minimum absolute atomic E-state index is 0.153. The zero-order chi connectivity index (χ0) is 14.6. The Kier molecular flexibility index (Phi) is 4.70. The number of amides is 1. The molecule has 0 aromatic heterocycles. The average Bonchev–Trinajstić information content (AvgIpc) is 2.49. The monoisotopic (exact) mass is 282 g/mol. The lowest BCUT2D eigenvalue weighted by Gasteiger charge is -2.32. The number of nitrogens with zero attached hydrogens (tertiary/aromatic N) is 1. The number of likely N-dealkylation sites (tertiary alicyclic amines) is 1. The van der Waals surface area contributed by atoms with Crippen molar-refractivity contribution < 1.29 is 13.6 Å². The van der Waals surface area contributed by atoms with E-state index < -0.39 is 11.8 Å². The zero-order valence-corrected chi connectivity index (χ0v) is 11.6. The van der Waals surface area contributed by atoms with Crippen LogP contribution >= 0.6 is 0 Å². The van der Waals surface area contributed by atoms with Crippen LogP contribution in [0.2, 0.25) is 0 Å². The van der Waals surface area contributed by atoms with E-state index >= 15 is 0 Å². The van der Waals surface area contributed by atoms with Crippen molar-refractivity contribution in [3.63, 3.8) is 0 Å². The molecule has 1 N–H and O–H groups in total. The highest BCUT2D eigenvalue weighted by Crippen LogP contribution is 2.28. The molecule has 1 heterocycles. The van der Waals surface area contributed by atoms with Crippen LogP contribution in [0, 0.1) is 0 Å². The Hall–Kier alpha value is -1.49. The minimum Gasteiger partial charge on any atom is -0.348 e. The summed E-state index contributed by atoms with van der Waals surface area (Å²) < 4.78 is 28.0. The second kappa shape index (κ2) is 6.31. The molecule has 0 bridgehead atoms. The smallest absolute Gasteiger partial charge is 0.348 e. The van der Waals surface area contributed by atoms with Gasteiger partial charge < -0.3 is 10.2 Å². The first-order valence-corrected chi connectivity index (χ1v) is 7.00. The number of rotatable bonds is 4. The van der Waals surface area contributed by atoms with Crippen LogP contribution in [-0.2, 0) is 10.7 Å². The maximum Gasteiger partial charge on any atom is 0.349 e. The summed E-state index contributed by atoms with van der Waals surface area (Å²) in [5.41, 5.74) is -0.261. The number of hydrogen-bond donors (Lipinski definition) is 1. The molecule has 0 atom stereocenters. The molecule has 0 aliphatic carbocycles. The summed E-state index contributed by atoms with van der Waals surface area (Å²) >= 11 is 0. The minimum atomic E-state index is -3.47. The molecular formula is C15H20F2N2O. The van der Waals surface area contributed by atoms with Gasteiger partial charge >= 0.3 is 5.92 Å². The third-order valence-electron chi connectivity index (χ3n) is 3.79. The van der Waals surface area contributed by atoms with Crippen molar-refractivity contribution in [2.45, 2.75) is 31.7 Å². The van der Waals surface area contributed by atoms with E-state index in [1.807, 2.05) is 0 Å². The van der Waals surface area contributed by atoms with E-state index in [-0.39, 0.29) is 11.6 Å². The number of alkyl halides is 2. The highest BCUT2D eigenvalue weighted by atomic mass is 19.3. The first-order valence-electron chi connectivity index (χ1n) is 7.00. The van der Waals surface area contributed by atoms with Crippen molar-refractivity contribution >= 4 is 5.91 Å². The predicted molar refractivity (Wildman–Crippen MR) is 73.6 cm³/mol. The van der Waals surface area contributed by atoms with Gasteiger partial charge in [0, 0.05) is 24.7 Å². The molecule has 1 aromatic rings. The molecule has 1 aliphatic rings. The second-order valence-electron chi connectivity index (χ2n) is 5.12. The Bertz CT molecular complexity index is 442. The van der Waals surface area contributed by atoms with Gasteiger partial charge in [0.1, 0.15) is 0 Å². The fraction of sp³-hybridized carbons (Fsp3) is 0.533. The third-order valence-corrected chi connectivity index (χ3v) is 3.79. The van der Waals surface area contributed by atoms with Crippen molar-refractivity contribution in [3.05, 3.63) is 35.9 Å². The maximum atomic E-state index is 14.0. The van der Waals surface area contributed by atoms with Crippen LogP contribution in [0.1, 0.15) is 25.3 Å². The summed E-state index contributed by atoms with van der Waals surface area (Å²) in [7, 11) is 0. The summed E-state index contributed by atoms with van der Waals surface area (Å²) in [6.45, 7) is 4.72. The van der Waals surface area contributed by atoms with Gasteiger partial charge in [-0.05, 0) is 19.4 Å². The standard InChI is InChI=1S/C15H20F2N2O/c1-2-19-10-8-13(9-11-19)18-14(20)15(16,17)12-6-4-3-5-7-12/h3-7,13H,2,8-11H2,1H3,(H,18,20). The number of nitrogens with one attached hydrogen (secondary N) is 1. The van der Waals surface area contributed by atoms with E-state index in [1.54, 1.807) is 6.07 Å². The molecule has 5 heteroatoms. The zero-order valence-electron chi connectivity index (χ0n) is 11.6. The van der Waals surface area contributed by atoms with E-state index in [1.165, 1.54) is 24.3 Å². The Labute approximate surface area is 118 Å². The molecule has 1 aromatic carbocycles. The molecule has 1 aliphatic heterocycles. The van der Waals surface area contributed by atoms with Crippen LogP contribution < -0.4 is 5.32 Å². The molecule has 3 nitrogen and oxygen atoms in total. The SMILES string of the molecule is CCN1CCC(NC(=O)C(F)(F)c2ccccc2)CC1. The van der Waals surface area contributed by atoms with Gasteiger partial charge in [-0.15, -0.1) is 0 Å². The number of carbonyl (C=O) groups is 1. The van der Waals surface area contributed by atoms with Gasteiger partial charge in [-0.3, -0.25) is 4.79 Å². The molecule has 110 valence electrons. The van der Waals surface area contributed by atoms with Crippen molar-refractivity contribution in [1.29, 1.82) is 0 Å². The number of hydrogen-bond acceptors (Lipinski definition) is 2. The van der Waals surface area contributed by atoms with Gasteiger partial charge in [0.15, 0.2) is 0 Å². The summed E-state index contributed by atoms with van der Waals surface area (Å²) in [5.74, 6) is -4.66. The highest BCUT2D eigenvalue weighted by molar-refractivity contribution is 5.85. The number of benzene rings is 1. The predicted octanol–water partition coefficient (Wildman–Crippen LogP) is 2.38. The van der Waals surface area contributed by atoms with Crippen LogP contribution in [0.15, 0.2) is 30.3 Å². The summed E-state index contributed by atoms with van der Waals surface area (Å²) in [6, 6.07) is 7.07. The largest absolute Gasteiger partial charge is 0.349 e. The van der Waals surface area contributed by atoms with Gasteiger partial charge in [-0.2, -0.15) is 8.78 Å². The van der Waals surface area contributed by atoms with Crippen LogP contribution in [0.4, 0.5) is 8.78 Å². The van der Waals surface area contributed by atoms with E-state index in [0.29, 0.717) is 0 Å². The molecule has 0 radical (unpaired) electrons. The summed E-state index contributed by atoms with van der Waals surface area (Å²) in [6.07, 6.45) is 1.45. The molecule has 1 saturated heterocycles. The van der Waals surface area contributed by atoms with Gasteiger partial charge in [0.05, 0.1) is 0 Å². The average molecular weight is 282 g/mol. The Morgan fingerprint density at radius 1 is 1.30 bits per heavy atom. The van der Waals surface area contributed by atoms with Crippen LogP contribution in [0.25, 0.3) is 0 Å². The highest BCUT2D eigenvalue weighted by Gasteiger charge is 2.41. The first-order chi connectivity index (χ1) is 9.54. The molecule has 0 unspecified atom stereocenters. The Morgan fingerprint density at radius 3 is 2.45 bits per heavy atom. The number of carbonyl (C=O) groups excluding carboxylic acids is 1. The fourth-order valence-corrected chi connectivity index (χ4v) is 2.45. The van der Waals surface area contributed by atoms with Crippen molar-refractivity contribution in [2.24, 2.45) is 0 Å². The Morgan fingerprint density at radius 2 is 1.90 bits per heavy atom. The van der Waals surface area contributed by atoms with Crippen molar-refractivity contribution in [3.8, 4) is 0 Å². The number of piperidine rings is 1. The van der Waals surface area contributed by atoms with Gasteiger partial charge in [0.2, 0.25) is 0 Å². The molecule has 1 fully saturated rings. The summed E-state index contributed by atoms with van der Waals surface area (Å²) in [5, 5.41) is 2.49. The Balaban J connectivity index is 1.95. The summed E-state index contributed by atoms with van der Waals surface area (Å²) in [4.78, 5) is 14.1. The van der Waals surface area contributed by atoms with Gasteiger partial charge in [0.25, 0.3) is 5.91 Å². The molecule has 2 rings (SSSR count). The van der Waals surface area contributed by atoms with E-state index in [0.717, 1.165) is 32.5 Å². The lowest BCUT2D eigenvalue weighted by atomic mass is 10.0. The lowest BCUT2D eigenvalue weighted by molar-refractivity contribution is -0.148. The molecule has 0 spiro atoms. The van der Waals surface area contributed by atoms with Crippen LogP contribution in [-0.4, -0.2) is 36.5 Å². The van der Waals surface area contributed by atoms with Crippen molar-refractivity contribution in [1.82, 2.24) is 10.2 Å². The lowest BCUT2D eigenvalue weighted by Crippen LogP contribution is -2.48. The number of halogens is 2. The molecule has 1 amide bonds. The van der Waals surface area contributed by atoms with Crippen LogP contribution in [0.5, 0.6) is 0 Å². The van der Waals surface area contributed by atoms with E-state index in [4.69, 9.17) is 0 Å². The molecular weight excluding hydrogens is 262 g/mol.